The van der Waals surface area contributed by atoms with Crippen LogP contribution in [0.2, 0.25) is 0 Å². The van der Waals surface area contributed by atoms with Crippen molar-refractivity contribution >= 4 is 5.91 Å². The van der Waals surface area contributed by atoms with Gasteiger partial charge in [0, 0.05) is 51.6 Å². The molecule has 1 atom stereocenters. The van der Waals surface area contributed by atoms with Gasteiger partial charge in [-0.25, -0.2) is 0 Å². The lowest BCUT2D eigenvalue weighted by molar-refractivity contribution is -0.121. The molecule has 0 aliphatic carbocycles. The van der Waals surface area contributed by atoms with Crippen LogP contribution in [0.4, 0.5) is 0 Å². The Hall–Kier alpha value is -2.19. The van der Waals surface area contributed by atoms with Gasteiger partial charge in [0.2, 0.25) is 17.6 Å². The van der Waals surface area contributed by atoms with Crippen LogP contribution in [0.3, 0.4) is 0 Å². The van der Waals surface area contributed by atoms with Crippen LogP contribution in [0.5, 0.6) is 0 Å². The molecular weight excluding hydrogens is 322 g/mol. The topological polar surface area (TPSA) is 87.6 Å². The Bertz CT molecular complexity index is 662. The maximum Gasteiger partial charge on any atom is 0.238 e. The number of carbonyl (C=O) groups is 1. The Balaban J connectivity index is 1.38. The van der Waals surface area contributed by atoms with Crippen LogP contribution in [0.15, 0.2) is 27.3 Å². The monoisotopic (exact) mass is 347 g/mol. The SMILES string of the molecule is CC(CNC(=O)CCc1nc(-c2ccco2)no1)N1CCN(C)CC1. The number of hydrogen-bond donors (Lipinski definition) is 1. The minimum atomic E-state index is -0.00118. The summed E-state index contributed by atoms with van der Waals surface area (Å²) < 4.78 is 10.4. The van der Waals surface area contributed by atoms with E-state index in [0.29, 0.717) is 42.9 Å². The molecule has 0 bridgehead atoms. The molecule has 0 saturated carbocycles. The number of hydrogen-bond acceptors (Lipinski definition) is 7. The summed E-state index contributed by atoms with van der Waals surface area (Å²) in [6.45, 7) is 7.06. The average Bonchev–Trinajstić information content (AvgIpc) is 3.29. The van der Waals surface area contributed by atoms with E-state index in [9.17, 15) is 4.79 Å². The number of nitrogens with one attached hydrogen (secondary N) is 1. The fraction of sp³-hybridized carbons (Fsp3) is 0.588. The Morgan fingerprint density at radius 3 is 2.88 bits per heavy atom. The number of aromatic nitrogens is 2. The summed E-state index contributed by atoms with van der Waals surface area (Å²) in [5, 5.41) is 6.85. The van der Waals surface area contributed by atoms with Crippen molar-refractivity contribution in [2.75, 3.05) is 39.8 Å². The predicted molar refractivity (Wildman–Crippen MR) is 91.9 cm³/mol. The summed E-state index contributed by atoms with van der Waals surface area (Å²) in [5.41, 5.74) is 0. The third-order valence-electron chi connectivity index (χ3n) is 4.53. The van der Waals surface area contributed by atoms with E-state index in [4.69, 9.17) is 8.94 Å². The van der Waals surface area contributed by atoms with Gasteiger partial charge in [0.1, 0.15) is 0 Å². The van der Waals surface area contributed by atoms with E-state index < -0.39 is 0 Å². The zero-order chi connectivity index (χ0) is 17.6. The maximum atomic E-state index is 12.0. The van der Waals surface area contributed by atoms with Crippen LogP contribution < -0.4 is 5.32 Å². The molecule has 3 rings (SSSR count). The van der Waals surface area contributed by atoms with Gasteiger partial charge in [-0.1, -0.05) is 5.16 Å². The van der Waals surface area contributed by atoms with Crippen molar-refractivity contribution in [3.05, 3.63) is 24.3 Å². The summed E-state index contributed by atoms with van der Waals surface area (Å²) in [5.74, 6) is 1.40. The fourth-order valence-electron chi connectivity index (χ4n) is 2.82. The van der Waals surface area contributed by atoms with E-state index in [-0.39, 0.29) is 5.91 Å². The van der Waals surface area contributed by atoms with Crippen LogP contribution in [-0.2, 0) is 11.2 Å². The van der Waals surface area contributed by atoms with Gasteiger partial charge >= 0.3 is 0 Å². The highest BCUT2D eigenvalue weighted by Gasteiger charge is 2.19. The third kappa shape index (κ3) is 4.90. The molecule has 8 heteroatoms. The second-order valence-electron chi connectivity index (χ2n) is 6.48. The molecule has 1 saturated heterocycles. The molecule has 3 heterocycles. The molecule has 0 radical (unpaired) electrons. The Morgan fingerprint density at radius 2 is 2.16 bits per heavy atom. The molecule has 0 aromatic carbocycles. The van der Waals surface area contributed by atoms with Gasteiger partial charge < -0.3 is 19.2 Å². The van der Waals surface area contributed by atoms with E-state index in [1.54, 1.807) is 18.4 Å². The van der Waals surface area contributed by atoms with Gasteiger partial charge in [0.15, 0.2) is 5.76 Å². The van der Waals surface area contributed by atoms with Crippen molar-refractivity contribution in [3.63, 3.8) is 0 Å². The molecule has 2 aromatic heterocycles. The number of nitrogens with zero attached hydrogens (tertiary/aromatic N) is 4. The van der Waals surface area contributed by atoms with E-state index >= 15 is 0 Å². The lowest BCUT2D eigenvalue weighted by Crippen LogP contribution is -2.51. The average molecular weight is 347 g/mol. The van der Waals surface area contributed by atoms with Crippen molar-refractivity contribution in [2.24, 2.45) is 0 Å². The van der Waals surface area contributed by atoms with Gasteiger partial charge in [0.05, 0.1) is 6.26 Å². The lowest BCUT2D eigenvalue weighted by Gasteiger charge is -2.36. The van der Waals surface area contributed by atoms with Crippen LogP contribution in [-0.4, -0.2) is 71.7 Å². The summed E-state index contributed by atoms with van der Waals surface area (Å²) in [6, 6.07) is 3.87. The molecule has 1 unspecified atom stereocenters. The number of rotatable bonds is 7. The highest BCUT2D eigenvalue weighted by Crippen LogP contribution is 2.16. The van der Waals surface area contributed by atoms with Crippen molar-refractivity contribution in [3.8, 4) is 11.6 Å². The standard InChI is InChI=1S/C17H25N5O3/c1-13(22-9-7-21(2)8-10-22)12-18-15(23)5-6-16-19-17(20-25-16)14-4-3-11-24-14/h3-4,11,13H,5-10,12H2,1-2H3,(H,18,23). The third-order valence-corrected chi connectivity index (χ3v) is 4.53. The summed E-state index contributed by atoms with van der Waals surface area (Å²) >= 11 is 0. The molecule has 1 aliphatic heterocycles. The summed E-state index contributed by atoms with van der Waals surface area (Å²) in [4.78, 5) is 21.0. The molecule has 136 valence electrons. The van der Waals surface area contributed by atoms with E-state index in [1.165, 1.54) is 0 Å². The first-order valence-corrected chi connectivity index (χ1v) is 8.67. The molecule has 0 spiro atoms. The van der Waals surface area contributed by atoms with Gasteiger partial charge in [-0.15, -0.1) is 0 Å². The summed E-state index contributed by atoms with van der Waals surface area (Å²) in [6.07, 6.45) is 2.30. The largest absolute Gasteiger partial charge is 0.461 e. The normalized spacial score (nSPS) is 17.5. The Morgan fingerprint density at radius 1 is 1.36 bits per heavy atom. The van der Waals surface area contributed by atoms with Gasteiger partial charge in [-0.05, 0) is 26.1 Å². The molecular formula is C17H25N5O3. The van der Waals surface area contributed by atoms with Gasteiger partial charge in [-0.3, -0.25) is 9.69 Å². The highest BCUT2D eigenvalue weighted by atomic mass is 16.5. The van der Waals surface area contributed by atoms with E-state index in [2.05, 4.69) is 39.2 Å². The summed E-state index contributed by atoms with van der Waals surface area (Å²) in [7, 11) is 2.14. The van der Waals surface area contributed by atoms with Crippen LogP contribution in [0, 0.1) is 0 Å². The van der Waals surface area contributed by atoms with Crippen LogP contribution in [0.1, 0.15) is 19.2 Å². The van der Waals surface area contributed by atoms with Crippen LogP contribution >= 0.6 is 0 Å². The minimum Gasteiger partial charge on any atom is -0.461 e. The first kappa shape index (κ1) is 17.6. The molecule has 1 N–H and O–H groups in total. The number of furan rings is 1. The van der Waals surface area contributed by atoms with E-state index in [0.717, 1.165) is 26.2 Å². The van der Waals surface area contributed by atoms with E-state index in [1.807, 2.05) is 0 Å². The molecule has 1 fully saturated rings. The number of piperazine rings is 1. The van der Waals surface area contributed by atoms with Crippen LogP contribution in [0.25, 0.3) is 11.6 Å². The molecule has 1 amide bonds. The lowest BCUT2D eigenvalue weighted by atomic mass is 10.2. The minimum absolute atomic E-state index is 0.00118. The molecule has 2 aromatic rings. The zero-order valence-corrected chi connectivity index (χ0v) is 14.8. The van der Waals surface area contributed by atoms with Crippen molar-refractivity contribution < 1.29 is 13.7 Å². The zero-order valence-electron chi connectivity index (χ0n) is 14.8. The first-order chi connectivity index (χ1) is 12.1. The van der Waals surface area contributed by atoms with Crippen molar-refractivity contribution in [2.45, 2.75) is 25.8 Å². The molecule has 25 heavy (non-hydrogen) atoms. The quantitative estimate of drug-likeness (QED) is 0.800. The Labute approximate surface area is 147 Å². The second-order valence-corrected chi connectivity index (χ2v) is 6.48. The number of carbonyl (C=O) groups excluding carboxylic acids is 1. The predicted octanol–water partition coefficient (Wildman–Crippen LogP) is 1.01. The Kier molecular flexibility index (Phi) is 5.83. The maximum absolute atomic E-state index is 12.0. The molecule has 1 aliphatic rings. The van der Waals surface area contributed by atoms with Gasteiger partial charge in [0.25, 0.3) is 0 Å². The van der Waals surface area contributed by atoms with Gasteiger partial charge in [-0.2, -0.15) is 4.98 Å². The number of amides is 1. The van der Waals surface area contributed by atoms with Crippen molar-refractivity contribution in [1.82, 2.24) is 25.3 Å². The number of likely N-dealkylation sites (N-methyl/N-ethyl adjacent to an activating group) is 1. The molecule has 8 nitrogen and oxygen atoms in total. The van der Waals surface area contributed by atoms with Crippen molar-refractivity contribution in [1.29, 1.82) is 0 Å². The smallest absolute Gasteiger partial charge is 0.238 e. The number of aryl methyl sites for hydroxylation is 1. The highest BCUT2D eigenvalue weighted by molar-refractivity contribution is 5.76. The second kappa shape index (κ2) is 8.26. The fourth-order valence-corrected chi connectivity index (χ4v) is 2.82. The first-order valence-electron chi connectivity index (χ1n) is 8.67.